The van der Waals surface area contributed by atoms with Crippen LogP contribution >= 0.6 is 0 Å². The third kappa shape index (κ3) is 1.98. The molecule has 0 atom stereocenters. The summed E-state index contributed by atoms with van der Waals surface area (Å²) >= 11 is 0. The minimum absolute atomic E-state index is 0.110. The van der Waals surface area contributed by atoms with Gasteiger partial charge in [0.25, 0.3) is 0 Å². The summed E-state index contributed by atoms with van der Waals surface area (Å²) in [6.07, 6.45) is 0. The predicted molar refractivity (Wildman–Crippen MR) is 39.1 cm³/mol. The number of esters is 1. The smallest absolute Gasteiger partial charge is 0.364 e. The summed E-state index contributed by atoms with van der Waals surface area (Å²) in [5.74, 6) is -0.910. The van der Waals surface area contributed by atoms with Gasteiger partial charge in [-0.15, -0.1) is 10.2 Å². The predicted octanol–water partition coefficient (Wildman–Crippen LogP) is -1.06. The number of tetrazole rings is 1. The highest BCUT2D eigenvalue weighted by Gasteiger charge is 2.20. The van der Waals surface area contributed by atoms with E-state index in [0.29, 0.717) is 0 Å². The second-order valence-electron chi connectivity index (χ2n) is 1.90. The minimum Gasteiger partial charge on any atom is -0.461 e. The summed E-state index contributed by atoms with van der Waals surface area (Å²) in [6.45, 7) is 1.80. The monoisotopic (exact) mass is 185 g/mol. The molecule has 0 fully saturated rings. The van der Waals surface area contributed by atoms with Crippen LogP contribution in [0.1, 0.15) is 12.7 Å². The lowest BCUT2D eigenvalue weighted by atomic mass is 10.4. The highest BCUT2D eigenvalue weighted by Crippen LogP contribution is 1.92. The summed E-state index contributed by atoms with van der Waals surface area (Å²) in [5.41, 5.74) is -0.379. The third-order valence-corrected chi connectivity index (χ3v) is 1.13. The van der Waals surface area contributed by atoms with Gasteiger partial charge in [-0.25, -0.2) is 4.79 Å². The third-order valence-electron chi connectivity index (χ3n) is 1.13. The summed E-state index contributed by atoms with van der Waals surface area (Å²) < 4.78 is 4.57. The van der Waals surface area contributed by atoms with E-state index < -0.39 is 5.97 Å². The highest BCUT2D eigenvalue weighted by atomic mass is 16.5. The number of carbonyl (C=O) groups is 1. The Morgan fingerprint density at radius 1 is 1.77 bits per heavy atom. The van der Waals surface area contributed by atoms with E-state index in [1.165, 1.54) is 0 Å². The van der Waals surface area contributed by atoms with Gasteiger partial charge in [0, 0.05) is 0 Å². The molecule has 0 amide bonds. The molecule has 0 spiro atoms. The molecule has 1 aromatic rings. The van der Waals surface area contributed by atoms with Crippen molar-refractivity contribution in [1.29, 1.82) is 0 Å². The number of oxime groups is 1. The lowest BCUT2D eigenvalue weighted by Crippen LogP contribution is -2.20. The van der Waals surface area contributed by atoms with Crippen molar-refractivity contribution in [3.05, 3.63) is 5.82 Å². The van der Waals surface area contributed by atoms with Crippen molar-refractivity contribution in [2.75, 3.05) is 6.61 Å². The number of carbonyl (C=O) groups excluding carboxylic acids is 1. The zero-order valence-corrected chi connectivity index (χ0v) is 6.76. The molecule has 8 heteroatoms. The highest BCUT2D eigenvalue weighted by molar-refractivity contribution is 6.41. The Morgan fingerprint density at radius 2 is 2.54 bits per heavy atom. The fourth-order valence-electron chi connectivity index (χ4n) is 0.638. The van der Waals surface area contributed by atoms with Gasteiger partial charge in [-0.1, -0.05) is 5.16 Å². The van der Waals surface area contributed by atoms with E-state index in [1.54, 1.807) is 6.92 Å². The van der Waals surface area contributed by atoms with Crippen LogP contribution in [0.15, 0.2) is 5.16 Å². The van der Waals surface area contributed by atoms with Crippen molar-refractivity contribution >= 4 is 11.7 Å². The van der Waals surface area contributed by atoms with E-state index in [9.17, 15) is 4.79 Å². The fourth-order valence-corrected chi connectivity index (χ4v) is 0.638. The molecule has 0 aromatic carbocycles. The second-order valence-corrected chi connectivity index (χ2v) is 1.90. The maximum atomic E-state index is 11.0. The Morgan fingerprint density at radius 3 is 3.00 bits per heavy atom. The van der Waals surface area contributed by atoms with Crippen LogP contribution in [0.2, 0.25) is 0 Å². The molecule has 0 radical (unpaired) electrons. The zero-order chi connectivity index (χ0) is 9.68. The fraction of sp³-hybridized carbons (Fsp3) is 0.400. The van der Waals surface area contributed by atoms with Gasteiger partial charge in [-0.05, 0) is 12.1 Å². The van der Waals surface area contributed by atoms with Gasteiger partial charge in [-0.3, -0.25) is 0 Å². The van der Waals surface area contributed by atoms with Gasteiger partial charge in [-0.2, -0.15) is 5.21 Å². The number of aromatic nitrogens is 4. The number of nitrogens with zero attached hydrogens (tertiary/aromatic N) is 4. The Labute approximate surface area is 72.6 Å². The van der Waals surface area contributed by atoms with Crippen LogP contribution in [0.3, 0.4) is 0 Å². The lowest BCUT2D eigenvalue weighted by molar-refractivity contribution is -0.135. The molecule has 0 bridgehead atoms. The normalized spacial score (nSPS) is 11.3. The summed E-state index contributed by atoms with van der Waals surface area (Å²) in [4.78, 5) is 11.0. The standard InChI is InChI=1S/C5H7N5O3/c1-2-13-5(11)3(8-12)4-6-9-10-7-4/h12H,2H2,1H3,(H,6,7,9,10)/b8-3-. The Hall–Kier alpha value is -1.99. The summed E-state index contributed by atoms with van der Waals surface area (Å²) in [5, 5.41) is 23.4. The van der Waals surface area contributed by atoms with Gasteiger partial charge in [0.15, 0.2) is 0 Å². The molecule has 0 aliphatic heterocycles. The maximum absolute atomic E-state index is 11.0. The van der Waals surface area contributed by atoms with Crippen LogP contribution in [0.25, 0.3) is 0 Å². The van der Waals surface area contributed by atoms with Crippen molar-refractivity contribution < 1.29 is 14.7 Å². The number of hydrogen-bond acceptors (Lipinski definition) is 7. The Bertz CT molecular complexity index is 306. The van der Waals surface area contributed by atoms with Crippen molar-refractivity contribution in [2.24, 2.45) is 5.16 Å². The molecule has 0 saturated heterocycles. The number of ether oxygens (including phenoxy) is 1. The molecular weight excluding hydrogens is 178 g/mol. The molecule has 1 rings (SSSR count). The van der Waals surface area contributed by atoms with E-state index in [0.717, 1.165) is 0 Å². The molecule has 1 aromatic heterocycles. The van der Waals surface area contributed by atoms with Crippen LogP contribution in [-0.4, -0.2) is 44.1 Å². The Balaban J connectivity index is 2.82. The first-order valence-corrected chi connectivity index (χ1v) is 3.42. The molecular formula is C5H7N5O3. The van der Waals surface area contributed by atoms with E-state index >= 15 is 0 Å². The van der Waals surface area contributed by atoms with Crippen molar-refractivity contribution in [3.8, 4) is 0 Å². The average molecular weight is 185 g/mol. The summed E-state index contributed by atoms with van der Waals surface area (Å²) in [7, 11) is 0. The molecule has 2 N–H and O–H groups in total. The number of nitrogens with one attached hydrogen (secondary N) is 1. The topological polar surface area (TPSA) is 113 Å². The van der Waals surface area contributed by atoms with Crippen LogP contribution in [0.5, 0.6) is 0 Å². The molecule has 1 heterocycles. The van der Waals surface area contributed by atoms with Crippen LogP contribution in [0, 0.1) is 0 Å². The van der Waals surface area contributed by atoms with E-state index in [2.05, 4.69) is 30.5 Å². The van der Waals surface area contributed by atoms with Crippen molar-refractivity contribution in [3.63, 3.8) is 0 Å². The first kappa shape index (κ1) is 9.10. The molecule has 0 saturated carbocycles. The number of H-pyrrole nitrogens is 1. The number of hydrogen-bond donors (Lipinski definition) is 2. The molecule has 13 heavy (non-hydrogen) atoms. The van der Waals surface area contributed by atoms with Crippen molar-refractivity contribution in [1.82, 2.24) is 20.6 Å². The van der Waals surface area contributed by atoms with Crippen molar-refractivity contribution in [2.45, 2.75) is 6.92 Å². The molecule has 0 aliphatic carbocycles. The van der Waals surface area contributed by atoms with E-state index in [1.807, 2.05) is 0 Å². The largest absolute Gasteiger partial charge is 0.461 e. The summed E-state index contributed by atoms with van der Waals surface area (Å²) in [6, 6.07) is 0. The second kappa shape index (κ2) is 4.14. The van der Waals surface area contributed by atoms with Gasteiger partial charge in [0.2, 0.25) is 11.5 Å². The number of rotatable bonds is 3. The van der Waals surface area contributed by atoms with Crippen LogP contribution < -0.4 is 0 Å². The molecule has 8 nitrogen and oxygen atoms in total. The number of aromatic amines is 1. The maximum Gasteiger partial charge on any atom is 0.364 e. The minimum atomic E-state index is -0.800. The first-order chi connectivity index (χ1) is 6.29. The average Bonchev–Trinajstić information content (AvgIpc) is 2.59. The van der Waals surface area contributed by atoms with E-state index in [4.69, 9.17) is 5.21 Å². The lowest BCUT2D eigenvalue weighted by Gasteiger charge is -1.98. The SMILES string of the molecule is CCOC(=O)/C(=N\O)c1nn[nH]n1. The van der Waals surface area contributed by atoms with Gasteiger partial charge in [0.1, 0.15) is 0 Å². The quantitative estimate of drug-likeness (QED) is 0.268. The van der Waals surface area contributed by atoms with Gasteiger partial charge < -0.3 is 9.94 Å². The Kier molecular flexibility index (Phi) is 2.90. The van der Waals surface area contributed by atoms with E-state index in [-0.39, 0.29) is 18.1 Å². The molecule has 70 valence electrons. The first-order valence-electron chi connectivity index (χ1n) is 3.42. The zero-order valence-electron chi connectivity index (χ0n) is 6.76. The van der Waals surface area contributed by atoms with Crippen LogP contribution in [0.4, 0.5) is 0 Å². The van der Waals surface area contributed by atoms with Gasteiger partial charge >= 0.3 is 5.97 Å². The molecule has 0 aliphatic rings. The van der Waals surface area contributed by atoms with Gasteiger partial charge in [0.05, 0.1) is 6.61 Å². The molecule has 0 unspecified atom stereocenters. The van der Waals surface area contributed by atoms with Crippen LogP contribution in [-0.2, 0) is 9.53 Å².